The molecule has 0 spiro atoms. The summed E-state index contributed by atoms with van der Waals surface area (Å²) in [7, 11) is 0. The van der Waals surface area contributed by atoms with Crippen LogP contribution in [0.4, 0.5) is 4.39 Å². The lowest BCUT2D eigenvalue weighted by Gasteiger charge is -2.18. The zero-order chi connectivity index (χ0) is 15.2. The van der Waals surface area contributed by atoms with Crippen molar-refractivity contribution in [2.24, 2.45) is 0 Å². The van der Waals surface area contributed by atoms with Crippen molar-refractivity contribution in [1.29, 1.82) is 0 Å². The minimum absolute atomic E-state index is 0.163. The van der Waals surface area contributed by atoms with Crippen molar-refractivity contribution in [1.82, 2.24) is 5.32 Å². The molecule has 0 saturated carbocycles. The first kappa shape index (κ1) is 16.8. The van der Waals surface area contributed by atoms with Crippen molar-refractivity contribution in [2.45, 2.75) is 38.5 Å². The molecule has 1 aromatic carbocycles. The first-order valence-electron chi connectivity index (χ1n) is 6.62. The Labute approximate surface area is 124 Å². The Morgan fingerprint density at radius 3 is 2.50 bits per heavy atom. The molecule has 1 amide bonds. The molecule has 3 nitrogen and oxygen atoms in total. The average Bonchev–Trinajstić information content (AvgIpc) is 2.36. The van der Waals surface area contributed by atoms with E-state index in [1.165, 1.54) is 24.3 Å². The van der Waals surface area contributed by atoms with Crippen LogP contribution in [-0.4, -0.2) is 29.1 Å². The van der Waals surface area contributed by atoms with E-state index in [4.69, 9.17) is 4.74 Å². The van der Waals surface area contributed by atoms with Gasteiger partial charge < -0.3 is 10.1 Å². The van der Waals surface area contributed by atoms with Gasteiger partial charge in [0.15, 0.2) is 6.10 Å². The van der Waals surface area contributed by atoms with Gasteiger partial charge in [-0.3, -0.25) is 4.79 Å². The van der Waals surface area contributed by atoms with Gasteiger partial charge in [-0.1, -0.05) is 20.8 Å². The van der Waals surface area contributed by atoms with Gasteiger partial charge in [-0.15, -0.1) is 0 Å². The normalized spacial score (nSPS) is 12.8. The topological polar surface area (TPSA) is 38.3 Å². The van der Waals surface area contributed by atoms with Crippen LogP contribution in [0, 0.1) is 5.82 Å². The van der Waals surface area contributed by atoms with E-state index in [0.717, 1.165) is 5.75 Å². The van der Waals surface area contributed by atoms with Gasteiger partial charge >= 0.3 is 0 Å². The van der Waals surface area contributed by atoms with Crippen LogP contribution in [0.15, 0.2) is 24.3 Å². The summed E-state index contributed by atoms with van der Waals surface area (Å²) in [6, 6.07) is 5.63. The summed E-state index contributed by atoms with van der Waals surface area (Å²) in [6.45, 7) is 8.70. The van der Waals surface area contributed by atoms with Gasteiger partial charge in [-0.25, -0.2) is 4.39 Å². The Morgan fingerprint density at radius 1 is 1.35 bits per heavy atom. The lowest BCUT2D eigenvalue weighted by Crippen LogP contribution is -2.37. The summed E-state index contributed by atoms with van der Waals surface area (Å²) in [5.41, 5.74) is 0. The Hall–Kier alpha value is -1.23. The quantitative estimate of drug-likeness (QED) is 0.820. The average molecular weight is 299 g/mol. The van der Waals surface area contributed by atoms with E-state index in [0.29, 0.717) is 12.3 Å². The molecule has 0 radical (unpaired) electrons. The number of carbonyl (C=O) groups is 1. The monoisotopic (exact) mass is 299 g/mol. The molecule has 1 aromatic rings. The molecule has 0 bridgehead atoms. The SMILES string of the molecule is CC(Oc1ccc(F)cc1)C(=O)NCCSC(C)(C)C. The summed E-state index contributed by atoms with van der Waals surface area (Å²) < 4.78 is 18.4. The number of amides is 1. The summed E-state index contributed by atoms with van der Waals surface area (Å²) >= 11 is 1.80. The van der Waals surface area contributed by atoms with Gasteiger partial charge in [-0.05, 0) is 31.2 Å². The van der Waals surface area contributed by atoms with Crippen molar-refractivity contribution in [3.8, 4) is 5.75 Å². The van der Waals surface area contributed by atoms with Gasteiger partial charge in [0.05, 0.1) is 0 Å². The molecule has 0 aliphatic heterocycles. The van der Waals surface area contributed by atoms with Crippen molar-refractivity contribution in [3.63, 3.8) is 0 Å². The molecule has 1 rings (SSSR count). The zero-order valence-electron chi connectivity index (χ0n) is 12.4. The molecular formula is C15H22FNO2S. The molecule has 1 unspecified atom stereocenters. The Morgan fingerprint density at radius 2 is 1.95 bits per heavy atom. The van der Waals surface area contributed by atoms with E-state index >= 15 is 0 Å². The van der Waals surface area contributed by atoms with Crippen LogP contribution in [0.2, 0.25) is 0 Å². The molecule has 1 atom stereocenters. The van der Waals surface area contributed by atoms with Gasteiger partial charge in [0.25, 0.3) is 5.91 Å². The summed E-state index contributed by atoms with van der Waals surface area (Å²) in [6.07, 6.45) is -0.597. The van der Waals surface area contributed by atoms with Gasteiger partial charge in [0.2, 0.25) is 0 Å². The maximum Gasteiger partial charge on any atom is 0.260 e. The lowest BCUT2D eigenvalue weighted by atomic mass is 10.3. The number of rotatable bonds is 6. The largest absolute Gasteiger partial charge is 0.481 e. The first-order chi connectivity index (χ1) is 9.28. The second kappa shape index (κ2) is 7.53. The van der Waals surface area contributed by atoms with Crippen molar-refractivity contribution in [3.05, 3.63) is 30.1 Å². The summed E-state index contributed by atoms with van der Waals surface area (Å²) in [5.74, 6) is 0.856. The van der Waals surface area contributed by atoms with Crippen LogP contribution < -0.4 is 10.1 Å². The van der Waals surface area contributed by atoms with E-state index < -0.39 is 6.10 Å². The molecule has 112 valence electrons. The van der Waals surface area contributed by atoms with Gasteiger partial charge in [0, 0.05) is 17.0 Å². The van der Waals surface area contributed by atoms with E-state index in [1.807, 2.05) is 0 Å². The molecule has 0 aromatic heterocycles. The van der Waals surface area contributed by atoms with Crippen molar-refractivity contribution >= 4 is 17.7 Å². The molecule has 0 aliphatic rings. The van der Waals surface area contributed by atoms with Gasteiger partial charge in [-0.2, -0.15) is 11.8 Å². The second-order valence-electron chi connectivity index (χ2n) is 5.47. The Bertz CT molecular complexity index is 428. The molecule has 0 saturated heterocycles. The third kappa shape index (κ3) is 6.80. The number of benzene rings is 1. The molecule has 5 heteroatoms. The molecule has 20 heavy (non-hydrogen) atoms. The van der Waals surface area contributed by atoms with Crippen LogP contribution in [0.3, 0.4) is 0 Å². The molecular weight excluding hydrogens is 277 g/mol. The fourth-order valence-electron chi connectivity index (χ4n) is 1.45. The van der Waals surface area contributed by atoms with E-state index in [1.54, 1.807) is 18.7 Å². The number of hydrogen-bond acceptors (Lipinski definition) is 3. The van der Waals surface area contributed by atoms with Crippen molar-refractivity contribution in [2.75, 3.05) is 12.3 Å². The van der Waals surface area contributed by atoms with E-state index in [-0.39, 0.29) is 16.5 Å². The number of nitrogens with one attached hydrogen (secondary N) is 1. The number of ether oxygens (including phenoxy) is 1. The third-order valence-electron chi connectivity index (χ3n) is 2.43. The van der Waals surface area contributed by atoms with E-state index in [2.05, 4.69) is 26.1 Å². The highest BCUT2D eigenvalue weighted by Crippen LogP contribution is 2.22. The molecule has 0 fully saturated rings. The molecule has 1 N–H and O–H groups in total. The summed E-state index contributed by atoms with van der Waals surface area (Å²) in [4.78, 5) is 11.8. The number of thioether (sulfide) groups is 1. The minimum Gasteiger partial charge on any atom is -0.481 e. The number of hydrogen-bond donors (Lipinski definition) is 1. The predicted octanol–water partition coefficient (Wildman–Crippen LogP) is 3.24. The maximum atomic E-state index is 12.7. The number of carbonyl (C=O) groups excluding carboxylic acids is 1. The smallest absolute Gasteiger partial charge is 0.260 e. The fourth-order valence-corrected chi connectivity index (χ4v) is 2.26. The highest BCUT2D eigenvalue weighted by molar-refractivity contribution is 8.00. The van der Waals surface area contributed by atoms with Crippen LogP contribution in [0.25, 0.3) is 0 Å². The van der Waals surface area contributed by atoms with Gasteiger partial charge in [0.1, 0.15) is 11.6 Å². The summed E-state index contributed by atoms with van der Waals surface area (Å²) in [5, 5.41) is 2.83. The highest BCUT2D eigenvalue weighted by atomic mass is 32.2. The first-order valence-corrected chi connectivity index (χ1v) is 7.60. The molecule has 0 heterocycles. The maximum absolute atomic E-state index is 12.7. The van der Waals surface area contributed by atoms with Crippen LogP contribution in [-0.2, 0) is 4.79 Å². The lowest BCUT2D eigenvalue weighted by molar-refractivity contribution is -0.127. The standard InChI is InChI=1S/C15H22FNO2S/c1-11(19-13-7-5-12(16)6-8-13)14(18)17-9-10-20-15(2,3)4/h5-8,11H,9-10H2,1-4H3,(H,17,18). The minimum atomic E-state index is -0.597. The van der Waals surface area contributed by atoms with E-state index in [9.17, 15) is 9.18 Å². The van der Waals surface area contributed by atoms with Crippen molar-refractivity contribution < 1.29 is 13.9 Å². The number of halogens is 1. The second-order valence-corrected chi connectivity index (χ2v) is 7.39. The van der Waals surface area contributed by atoms with Crippen LogP contribution in [0.5, 0.6) is 5.75 Å². The Balaban J connectivity index is 2.30. The Kier molecular flexibility index (Phi) is 6.33. The fraction of sp³-hybridized carbons (Fsp3) is 0.533. The van der Waals surface area contributed by atoms with Crippen LogP contribution in [0.1, 0.15) is 27.7 Å². The molecule has 0 aliphatic carbocycles. The van der Waals surface area contributed by atoms with Crippen LogP contribution >= 0.6 is 11.8 Å². The predicted molar refractivity (Wildman–Crippen MR) is 81.7 cm³/mol. The third-order valence-corrected chi connectivity index (χ3v) is 3.71. The zero-order valence-corrected chi connectivity index (χ0v) is 13.2. The highest BCUT2D eigenvalue weighted by Gasteiger charge is 2.15.